The second-order valence-corrected chi connectivity index (χ2v) is 5.19. The fourth-order valence-electron chi connectivity index (χ4n) is 2.75. The smallest absolute Gasteiger partial charge is 0.256 e. The first-order valence-corrected chi connectivity index (χ1v) is 7.10. The van der Waals surface area contributed by atoms with Crippen molar-refractivity contribution in [1.82, 2.24) is 4.57 Å². The van der Waals surface area contributed by atoms with Crippen molar-refractivity contribution in [3.05, 3.63) is 82.1 Å². The van der Waals surface area contributed by atoms with E-state index in [1.54, 1.807) is 0 Å². The Morgan fingerprint density at radius 3 is 2.43 bits per heavy atom. The van der Waals surface area contributed by atoms with Gasteiger partial charge in [-0.2, -0.15) is 0 Å². The highest BCUT2D eigenvalue weighted by molar-refractivity contribution is 5.79. The molecule has 3 aromatic rings. The van der Waals surface area contributed by atoms with Gasteiger partial charge in [0.25, 0.3) is 5.56 Å². The lowest BCUT2D eigenvalue weighted by Gasteiger charge is -2.19. The van der Waals surface area contributed by atoms with Crippen molar-refractivity contribution in [3.63, 3.8) is 0 Å². The zero-order chi connectivity index (χ0) is 14.8. The largest absolute Gasteiger partial charge is 0.326 e. The number of nitrogens with zero attached hydrogens (tertiary/aromatic N) is 1. The maximum absolute atomic E-state index is 12.7. The van der Waals surface area contributed by atoms with Crippen LogP contribution in [-0.2, 0) is 6.54 Å². The Kier molecular flexibility index (Phi) is 3.59. The van der Waals surface area contributed by atoms with E-state index in [1.807, 2.05) is 72.2 Å². The molecule has 2 N–H and O–H groups in total. The molecular weight excluding hydrogens is 260 g/mol. The zero-order valence-corrected chi connectivity index (χ0v) is 12.0. The molecule has 0 radical (unpaired) electrons. The van der Waals surface area contributed by atoms with Crippen LogP contribution in [0.25, 0.3) is 10.9 Å². The number of hydrogen-bond acceptors (Lipinski definition) is 2. The van der Waals surface area contributed by atoms with E-state index < -0.39 is 0 Å². The van der Waals surface area contributed by atoms with Crippen molar-refractivity contribution >= 4 is 10.9 Å². The van der Waals surface area contributed by atoms with E-state index in [1.165, 1.54) is 0 Å². The molecule has 1 atom stereocenters. The Labute approximate surface area is 123 Å². The van der Waals surface area contributed by atoms with Gasteiger partial charge in [-0.15, -0.1) is 0 Å². The molecule has 0 aliphatic heterocycles. The second kappa shape index (κ2) is 5.54. The first-order valence-electron chi connectivity index (χ1n) is 7.10. The highest BCUT2D eigenvalue weighted by Gasteiger charge is 2.14. The Balaban J connectivity index is 2.30. The monoisotopic (exact) mass is 278 g/mol. The standard InChI is InChI=1S/C18H18N2O/c1-13(14-7-3-2-4-8-14)20-17-10-6-5-9-15(17)11-16(12-19)18(20)21/h2-11,13H,12,19H2,1H3. The van der Waals surface area contributed by atoms with Gasteiger partial charge in [0.15, 0.2) is 0 Å². The highest BCUT2D eigenvalue weighted by Crippen LogP contribution is 2.22. The SMILES string of the molecule is CC(c1ccccc1)n1c(=O)c(CN)cc2ccccc21. The lowest BCUT2D eigenvalue weighted by atomic mass is 10.1. The minimum atomic E-state index is -0.0323. The molecule has 0 amide bonds. The third kappa shape index (κ3) is 2.36. The molecule has 3 nitrogen and oxygen atoms in total. The predicted molar refractivity (Wildman–Crippen MR) is 86.4 cm³/mol. The summed E-state index contributed by atoms with van der Waals surface area (Å²) < 4.78 is 1.84. The summed E-state index contributed by atoms with van der Waals surface area (Å²) in [5.41, 5.74) is 8.43. The highest BCUT2D eigenvalue weighted by atomic mass is 16.1. The molecule has 106 valence electrons. The summed E-state index contributed by atoms with van der Waals surface area (Å²) in [6.45, 7) is 2.30. The van der Waals surface area contributed by atoms with Crippen LogP contribution in [0.1, 0.15) is 24.1 Å². The summed E-state index contributed by atoms with van der Waals surface area (Å²) in [7, 11) is 0. The van der Waals surface area contributed by atoms with E-state index in [-0.39, 0.29) is 18.1 Å². The van der Waals surface area contributed by atoms with Crippen LogP contribution in [0.3, 0.4) is 0 Å². The Morgan fingerprint density at radius 2 is 1.71 bits per heavy atom. The average molecular weight is 278 g/mol. The molecule has 0 fully saturated rings. The molecule has 0 aliphatic carbocycles. The van der Waals surface area contributed by atoms with Crippen LogP contribution in [-0.4, -0.2) is 4.57 Å². The van der Waals surface area contributed by atoms with Gasteiger partial charge < -0.3 is 10.3 Å². The molecular formula is C18H18N2O. The fourth-order valence-corrected chi connectivity index (χ4v) is 2.75. The minimum Gasteiger partial charge on any atom is -0.326 e. The first-order chi connectivity index (χ1) is 10.2. The van der Waals surface area contributed by atoms with Crippen LogP contribution in [0.5, 0.6) is 0 Å². The predicted octanol–water partition coefficient (Wildman–Crippen LogP) is 3.07. The van der Waals surface area contributed by atoms with Crippen LogP contribution in [0.15, 0.2) is 65.5 Å². The van der Waals surface area contributed by atoms with Crippen LogP contribution in [0.4, 0.5) is 0 Å². The van der Waals surface area contributed by atoms with E-state index in [0.29, 0.717) is 5.56 Å². The fraction of sp³-hybridized carbons (Fsp3) is 0.167. The van der Waals surface area contributed by atoms with E-state index in [0.717, 1.165) is 16.5 Å². The van der Waals surface area contributed by atoms with Crippen molar-refractivity contribution < 1.29 is 0 Å². The normalized spacial score (nSPS) is 12.5. The quantitative estimate of drug-likeness (QED) is 0.800. The van der Waals surface area contributed by atoms with Crippen molar-refractivity contribution in [3.8, 4) is 0 Å². The Morgan fingerprint density at radius 1 is 1.05 bits per heavy atom. The summed E-state index contributed by atoms with van der Waals surface area (Å²) in [5, 5.41) is 1.04. The number of fused-ring (bicyclic) bond motifs is 1. The molecule has 0 saturated heterocycles. The second-order valence-electron chi connectivity index (χ2n) is 5.19. The Hall–Kier alpha value is -2.39. The molecule has 0 spiro atoms. The van der Waals surface area contributed by atoms with Gasteiger partial charge >= 0.3 is 0 Å². The van der Waals surface area contributed by atoms with E-state index in [4.69, 9.17) is 5.73 Å². The lowest BCUT2D eigenvalue weighted by molar-refractivity contribution is 0.632. The summed E-state index contributed by atoms with van der Waals surface area (Å²) in [6, 6.07) is 19.8. The van der Waals surface area contributed by atoms with Gasteiger partial charge in [-0.25, -0.2) is 0 Å². The van der Waals surface area contributed by atoms with Crippen LogP contribution in [0, 0.1) is 0 Å². The molecule has 0 bridgehead atoms. The molecule has 1 unspecified atom stereocenters. The summed E-state index contributed by atoms with van der Waals surface area (Å²) in [5.74, 6) is 0. The van der Waals surface area contributed by atoms with Gasteiger partial charge in [-0.1, -0.05) is 48.5 Å². The maximum Gasteiger partial charge on any atom is 0.256 e. The molecule has 3 rings (SSSR count). The molecule has 2 aromatic carbocycles. The van der Waals surface area contributed by atoms with Crippen molar-refractivity contribution in [1.29, 1.82) is 0 Å². The summed E-state index contributed by atoms with van der Waals surface area (Å²) >= 11 is 0. The minimum absolute atomic E-state index is 0.00690. The lowest BCUT2D eigenvalue weighted by Crippen LogP contribution is -2.28. The van der Waals surface area contributed by atoms with E-state index >= 15 is 0 Å². The molecule has 0 aliphatic rings. The number of nitrogens with two attached hydrogens (primary N) is 1. The van der Waals surface area contributed by atoms with Gasteiger partial charge in [0.05, 0.1) is 11.6 Å². The van der Waals surface area contributed by atoms with Crippen molar-refractivity contribution in [2.75, 3.05) is 0 Å². The topological polar surface area (TPSA) is 48.0 Å². The van der Waals surface area contributed by atoms with E-state index in [9.17, 15) is 4.79 Å². The van der Waals surface area contributed by atoms with Gasteiger partial charge in [0.2, 0.25) is 0 Å². The summed E-state index contributed by atoms with van der Waals surface area (Å²) in [6.07, 6.45) is 0. The number of hydrogen-bond donors (Lipinski definition) is 1. The molecule has 1 heterocycles. The zero-order valence-electron chi connectivity index (χ0n) is 12.0. The van der Waals surface area contributed by atoms with Gasteiger partial charge in [-0.3, -0.25) is 4.79 Å². The number of pyridine rings is 1. The average Bonchev–Trinajstić information content (AvgIpc) is 2.54. The maximum atomic E-state index is 12.7. The molecule has 1 aromatic heterocycles. The van der Waals surface area contributed by atoms with Crippen molar-refractivity contribution in [2.24, 2.45) is 5.73 Å². The molecule has 0 saturated carbocycles. The molecule has 3 heteroatoms. The number of benzene rings is 2. The van der Waals surface area contributed by atoms with Crippen molar-refractivity contribution in [2.45, 2.75) is 19.5 Å². The number of para-hydroxylation sites is 1. The van der Waals surface area contributed by atoms with Gasteiger partial charge in [0.1, 0.15) is 0 Å². The van der Waals surface area contributed by atoms with Gasteiger partial charge in [0, 0.05) is 12.1 Å². The van der Waals surface area contributed by atoms with Crippen LogP contribution < -0.4 is 11.3 Å². The van der Waals surface area contributed by atoms with Crippen LogP contribution >= 0.6 is 0 Å². The third-order valence-electron chi connectivity index (χ3n) is 3.91. The first kappa shape index (κ1) is 13.6. The van der Waals surface area contributed by atoms with Gasteiger partial charge in [-0.05, 0) is 30.0 Å². The number of aromatic nitrogens is 1. The Bertz CT molecular complexity index is 821. The number of rotatable bonds is 3. The van der Waals surface area contributed by atoms with E-state index in [2.05, 4.69) is 0 Å². The molecule has 21 heavy (non-hydrogen) atoms. The third-order valence-corrected chi connectivity index (χ3v) is 3.91. The summed E-state index contributed by atoms with van der Waals surface area (Å²) in [4.78, 5) is 12.7. The van der Waals surface area contributed by atoms with Crippen LogP contribution in [0.2, 0.25) is 0 Å².